The van der Waals surface area contributed by atoms with Gasteiger partial charge < -0.3 is 24.4 Å². The maximum atomic E-state index is 13.2. The van der Waals surface area contributed by atoms with E-state index in [0.29, 0.717) is 22.7 Å². The number of carbonyl (C=O) groups is 4. The van der Waals surface area contributed by atoms with Crippen molar-refractivity contribution < 1.29 is 33.4 Å². The number of nitrogens with one attached hydrogen (secondary N) is 1. The van der Waals surface area contributed by atoms with Gasteiger partial charge in [0.25, 0.3) is 5.91 Å². The number of carbonyl (C=O) groups excluding carboxylic acids is 4. The quantitative estimate of drug-likeness (QED) is 0.456. The first-order valence-electron chi connectivity index (χ1n) is 10.2. The van der Waals surface area contributed by atoms with Crippen LogP contribution in [0.15, 0.2) is 48.5 Å². The third-order valence-electron chi connectivity index (χ3n) is 5.13. The zero-order chi connectivity index (χ0) is 24.0. The number of rotatable bonds is 9. The molecule has 1 fully saturated rings. The highest BCUT2D eigenvalue weighted by molar-refractivity contribution is 6.22. The van der Waals surface area contributed by atoms with Gasteiger partial charge in [0.2, 0.25) is 5.91 Å². The summed E-state index contributed by atoms with van der Waals surface area (Å²) in [6.07, 6.45) is -0.243. The molecule has 0 unspecified atom stereocenters. The molecule has 0 radical (unpaired) electrons. The molecule has 4 amide bonds. The third-order valence-corrected chi connectivity index (χ3v) is 5.13. The van der Waals surface area contributed by atoms with Crippen molar-refractivity contribution in [3.8, 4) is 5.75 Å². The number of imide groups is 1. The minimum absolute atomic E-state index is 0.146. The molecular formula is C23H25N3O7. The summed E-state index contributed by atoms with van der Waals surface area (Å²) in [5, 5.41) is 2.69. The molecule has 1 heterocycles. The highest BCUT2D eigenvalue weighted by Gasteiger charge is 2.46. The van der Waals surface area contributed by atoms with Crippen molar-refractivity contribution in [1.82, 2.24) is 4.90 Å². The van der Waals surface area contributed by atoms with Gasteiger partial charge in [-0.25, -0.2) is 14.5 Å². The standard InChI is InChI=1S/C23H25N3O7/c1-31-12-11-25-19(14-20(27)24-16-9-7-15(8-10-16)22(29)33-3)21(28)26(23(25)30)17-5-4-6-18(13-17)32-2/h4-10,13,19H,11-12,14H2,1-3H3,(H,24,27)/t19-/m0/s1. The van der Waals surface area contributed by atoms with E-state index in [1.807, 2.05) is 0 Å². The van der Waals surface area contributed by atoms with Crippen LogP contribution in [0, 0.1) is 0 Å². The Labute approximate surface area is 191 Å². The zero-order valence-electron chi connectivity index (χ0n) is 18.6. The van der Waals surface area contributed by atoms with Crippen molar-refractivity contribution in [1.29, 1.82) is 0 Å². The number of urea groups is 1. The summed E-state index contributed by atoms with van der Waals surface area (Å²) in [7, 11) is 4.26. The normalized spacial score (nSPS) is 15.5. The second kappa shape index (κ2) is 10.6. The van der Waals surface area contributed by atoms with Gasteiger partial charge in [0.1, 0.15) is 11.8 Å². The maximum Gasteiger partial charge on any atom is 0.337 e. The predicted molar refractivity (Wildman–Crippen MR) is 119 cm³/mol. The summed E-state index contributed by atoms with van der Waals surface area (Å²) in [6, 6.07) is 11.2. The van der Waals surface area contributed by atoms with Crippen molar-refractivity contribution in [2.45, 2.75) is 12.5 Å². The van der Waals surface area contributed by atoms with Crippen LogP contribution in [0.4, 0.5) is 16.2 Å². The van der Waals surface area contributed by atoms with Crippen LogP contribution in [-0.4, -0.2) is 69.2 Å². The number of hydrogen-bond acceptors (Lipinski definition) is 7. The molecule has 1 aliphatic rings. The lowest BCUT2D eigenvalue weighted by molar-refractivity contribution is -0.124. The van der Waals surface area contributed by atoms with Crippen molar-refractivity contribution in [2.24, 2.45) is 0 Å². The summed E-state index contributed by atoms with van der Waals surface area (Å²) in [6.45, 7) is 0.353. The van der Waals surface area contributed by atoms with Crippen LogP contribution in [0.3, 0.4) is 0 Å². The zero-order valence-corrected chi connectivity index (χ0v) is 18.6. The molecule has 10 nitrogen and oxygen atoms in total. The van der Waals surface area contributed by atoms with E-state index in [2.05, 4.69) is 10.1 Å². The van der Waals surface area contributed by atoms with E-state index in [1.165, 1.54) is 38.4 Å². The number of anilines is 2. The molecule has 1 saturated heterocycles. The maximum absolute atomic E-state index is 13.2. The molecule has 1 aliphatic heterocycles. The first-order chi connectivity index (χ1) is 15.9. The smallest absolute Gasteiger partial charge is 0.337 e. The Morgan fingerprint density at radius 3 is 2.39 bits per heavy atom. The molecule has 0 aliphatic carbocycles. The van der Waals surface area contributed by atoms with Gasteiger partial charge in [0, 0.05) is 25.4 Å². The lowest BCUT2D eigenvalue weighted by Gasteiger charge is -2.21. The molecule has 2 aromatic carbocycles. The lowest BCUT2D eigenvalue weighted by atomic mass is 10.1. The Kier molecular flexibility index (Phi) is 7.62. The van der Waals surface area contributed by atoms with Gasteiger partial charge in [-0.05, 0) is 36.4 Å². The highest BCUT2D eigenvalue weighted by Crippen LogP contribution is 2.29. The average Bonchev–Trinajstić information content (AvgIpc) is 3.06. The molecule has 2 aromatic rings. The van der Waals surface area contributed by atoms with Crippen LogP contribution >= 0.6 is 0 Å². The number of hydrogen-bond donors (Lipinski definition) is 1. The van der Waals surface area contributed by atoms with E-state index < -0.39 is 29.9 Å². The largest absolute Gasteiger partial charge is 0.497 e. The topological polar surface area (TPSA) is 114 Å². The van der Waals surface area contributed by atoms with Gasteiger partial charge >= 0.3 is 12.0 Å². The minimum atomic E-state index is -0.992. The number of nitrogens with zero attached hydrogens (tertiary/aromatic N) is 2. The first kappa shape index (κ1) is 23.7. The molecular weight excluding hydrogens is 430 g/mol. The van der Waals surface area contributed by atoms with Crippen LogP contribution in [0.2, 0.25) is 0 Å². The van der Waals surface area contributed by atoms with Gasteiger partial charge in [-0.1, -0.05) is 6.07 Å². The fraction of sp³-hybridized carbons (Fsp3) is 0.304. The van der Waals surface area contributed by atoms with Gasteiger partial charge in [0.15, 0.2) is 0 Å². The van der Waals surface area contributed by atoms with Crippen molar-refractivity contribution in [3.05, 3.63) is 54.1 Å². The Morgan fingerprint density at radius 2 is 1.76 bits per heavy atom. The number of ether oxygens (including phenoxy) is 3. The molecule has 1 atom stereocenters. The predicted octanol–water partition coefficient (Wildman–Crippen LogP) is 2.29. The van der Waals surface area contributed by atoms with Gasteiger partial charge in [0.05, 0.1) is 38.5 Å². The highest BCUT2D eigenvalue weighted by atomic mass is 16.5. The molecule has 0 spiro atoms. The van der Waals surface area contributed by atoms with Crippen LogP contribution in [0.5, 0.6) is 5.75 Å². The second-order valence-electron chi connectivity index (χ2n) is 7.18. The van der Waals surface area contributed by atoms with Crippen molar-refractivity contribution >= 4 is 35.2 Å². The Balaban J connectivity index is 1.77. The van der Waals surface area contributed by atoms with Gasteiger partial charge in [-0.15, -0.1) is 0 Å². The fourth-order valence-electron chi connectivity index (χ4n) is 3.46. The van der Waals surface area contributed by atoms with E-state index in [4.69, 9.17) is 9.47 Å². The molecule has 174 valence electrons. The van der Waals surface area contributed by atoms with E-state index in [9.17, 15) is 19.2 Å². The molecule has 0 saturated carbocycles. The SMILES string of the molecule is COCCN1C(=O)N(c2cccc(OC)c2)C(=O)[C@@H]1CC(=O)Nc1ccc(C(=O)OC)cc1. The number of methoxy groups -OCH3 is 3. The van der Waals surface area contributed by atoms with E-state index in [1.54, 1.807) is 36.4 Å². The molecule has 1 N–H and O–H groups in total. The summed E-state index contributed by atoms with van der Waals surface area (Å²) in [5.74, 6) is -0.968. The Hall–Kier alpha value is -3.92. The third kappa shape index (κ3) is 5.29. The first-order valence-corrected chi connectivity index (χ1v) is 10.2. The minimum Gasteiger partial charge on any atom is -0.497 e. The van der Waals surface area contributed by atoms with E-state index in [-0.39, 0.29) is 19.6 Å². The molecule has 0 bridgehead atoms. The summed E-state index contributed by atoms with van der Waals surface area (Å²) < 4.78 is 14.9. The fourth-order valence-corrected chi connectivity index (χ4v) is 3.46. The number of amides is 4. The monoisotopic (exact) mass is 455 g/mol. The van der Waals surface area contributed by atoms with E-state index >= 15 is 0 Å². The summed E-state index contributed by atoms with van der Waals surface area (Å²) in [4.78, 5) is 52.9. The Bertz CT molecular complexity index is 1040. The molecule has 3 rings (SSSR count). The van der Waals surface area contributed by atoms with Gasteiger partial charge in [-0.3, -0.25) is 9.59 Å². The second-order valence-corrected chi connectivity index (χ2v) is 7.18. The molecule has 33 heavy (non-hydrogen) atoms. The van der Waals surface area contributed by atoms with Crippen LogP contribution in [-0.2, 0) is 19.1 Å². The van der Waals surface area contributed by atoms with Crippen LogP contribution in [0.25, 0.3) is 0 Å². The number of esters is 1. The average molecular weight is 455 g/mol. The van der Waals surface area contributed by atoms with Crippen molar-refractivity contribution in [3.63, 3.8) is 0 Å². The van der Waals surface area contributed by atoms with E-state index in [0.717, 1.165) is 4.90 Å². The van der Waals surface area contributed by atoms with Crippen LogP contribution in [0.1, 0.15) is 16.8 Å². The number of benzene rings is 2. The Morgan fingerprint density at radius 1 is 1.03 bits per heavy atom. The van der Waals surface area contributed by atoms with Crippen molar-refractivity contribution in [2.75, 3.05) is 44.7 Å². The van der Waals surface area contributed by atoms with Crippen LogP contribution < -0.4 is 15.0 Å². The van der Waals surface area contributed by atoms with Gasteiger partial charge in [-0.2, -0.15) is 0 Å². The summed E-state index contributed by atoms with van der Waals surface area (Å²) in [5.41, 5.74) is 1.14. The molecule has 0 aromatic heterocycles. The molecule has 10 heteroatoms. The summed E-state index contributed by atoms with van der Waals surface area (Å²) >= 11 is 0. The lowest BCUT2D eigenvalue weighted by Crippen LogP contribution is -2.39.